The van der Waals surface area contributed by atoms with Gasteiger partial charge in [-0.1, -0.05) is 0 Å². The van der Waals surface area contributed by atoms with E-state index in [-0.39, 0.29) is 17.4 Å². The minimum absolute atomic E-state index is 0.117. The Morgan fingerprint density at radius 2 is 2.04 bits per heavy atom. The van der Waals surface area contributed by atoms with Crippen LogP contribution >= 0.6 is 0 Å². The highest BCUT2D eigenvalue weighted by Gasteiger charge is 2.22. The third-order valence-electron chi connectivity index (χ3n) is 3.95. The number of piperidine rings is 1. The summed E-state index contributed by atoms with van der Waals surface area (Å²) in [5, 5.41) is 4.33. The van der Waals surface area contributed by atoms with Gasteiger partial charge in [0.15, 0.2) is 17.2 Å². The van der Waals surface area contributed by atoms with Crippen LogP contribution in [0.5, 0.6) is 0 Å². The first-order valence-corrected chi connectivity index (χ1v) is 7.58. The number of nitrogens with zero attached hydrogens (tertiary/aromatic N) is 5. The van der Waals surface area contributed by atoms with Gasteiger partial charge in [-0.2, -0.15) is 0 Å². The molecule has 8 heteroatoms. The van der Waals surface area contributed by atoms with Gasteiger partial charge in [-0.3, -0.25) is 4.79 Å². The molecule has 1 saturated heterocycles. The van der Waals surface area contributed by atoms with Gasteiger partial charge in [0.25, 0.3) is 5.91 Å². The average molecular weight is 312 g/mol. The Balaban J connectivity index is 1.73. The van der Waals surface area contributed by atoms with Gasteiger partial charge < -0.3 is 15.1 Å². The molecule has 8 nitrogen and oxygen atoms in total. The quantitative estimate of drug-likeness (QED) is 0.771. The first kappa shape index (κ1) is 13.7. The SMILES string of the molecule is Nc1nc(C(=O)N2CCCCC2)cn2nc(-c3ccco3)nc12. The largest absolute Gasteiger partial charge is 0.461 e. The summed E-state index contributed by atoms with van der Waals surface area (Å²) in [6, 6.07) is 3.52. The predicted molar refractivity (Wildman–Crippen MR) is 82.7 cm³/mol. The molecule has 4 rings (SSSR count). The minimum atomic E-state index is -0.117. The normalized spacial score (nSPS) is 15.2. The van der Waals surface area contributed by atoms with E-state index < -0.39 is 0 Å². The molecule has 0 unspecified atom stereocenters. The lowest BCUT2D eigenvalue weighted by Gasteiger charge is -2.26. The van der Waals surface area contributed by atoms with Crippen molar-refractivity contribution in [2.24, 2.45) is 0 Å². The zero-order valence-corrected chi connectivity index (χ0v) is 12.5. The fourth-order valence-electron chi connectivity index (χ4n) is 2.78. The van der Waals surface area contributed by atoms with Gasteiger partial charge in [0, 0.05) is 13.1 Å². The van der Waals surface area contributed by atoms with Gasteiger partial charge in [0.1, 0.15) is 5.69 Å². The molecule has 0 radical (unpaired) electrons. The Labute approximate surface area is 131 Å². The lowest BCUT2D eigenvalue weighted by atomic mass is 10.1. The maximum Gasteiger partial charge on any atom is 0.274 e. The van der Waals surface area contributed by atoms with Crippen LogP contribution in [0, 0.1) is 0 Å². The van der Waals surface area contributed by atoms with Crippen LogP contribution in [0.2, 0.25) is 0 Å². The summed E-state index contributed by atoms with van der Waals surface area (Å²) in [6.07, 6.45) is 6.33. The molecule has 118 valence electrons. The number of hydrogen-bond acceptors (Lipinski definition) is 6. The molecular weight excluding hydrogens is 296 g/mol. The number of nitrogens with two attached hydrogens (primary N) is 1. The number of carbonyl (C=O) groups is 1. The molecule has 4 heterocycles. The molecule has 0 aliphatic carbocycles. The number of aromatic nitrogens is 4. The van der Waals surface area contributed by atoms with Gasteiger partial charge in [0.2, 0.25) is 5.82 Å². The summed E-state index contributed by atoms with van der Waals surface area (Å²) >= 11 is 0. The summed E-state index contributed by atoms with van der Waals surface area (Å²) < 4.78 is 6.77. The van der Waals surface area contributed by atoms with Crippen molar-refractivity contribution in [3.63, 3.8) is 0 Å². The van der Waals surface area contributed by atoms with Gasteiger partial charge in [-0.05, 0) is 31.4 Å². The molecule has 3 aromatic heterocycles. The monoisotopic (exact) mass is 312 g/mol. The highest BCUT2D eigenvalue weighted by Crippen LogP contribution is 2.20. The van der Waals surface area contributed by atoms with Gasteiger partial charge in [-0.15, -0.1) is 5.10 Å². The van der Waals surface area contributed by atoms with E-state index in [0.717, 1.165) is 32.4 Å². The molecular formula is C15H16N6O2. The van der Waals surface area contributed by atoms with Gasteiger partial charge in [-0.25, -0.2) is 14.5 Å². The molecule has 2 N–H and O–H groups in total. The second-order valence-corrected chi connectivity index (χ2v) is 5.55. The van der Waals surface area contributed by atoms with E-state index in [0.29, 0.717) is 17.2 Å². The first-order valence-electron chi connectivity index (χ1n) is 7.58. The second kappa shape index (κ2) is 5.38. The van der Waals surface area contributed by atoms with E-state index in [9.17, 15) is 4.79 Å². The number of fused-ring (bicyclic) bond motifs is 1. The highest BCUT2D eigenvalue weighted by molar-refractivity contribution is 5.93. The smallest absolute Gasteiger partial charge is 0.274 e. The van der Waals surface area contributed by atoms with Crippen LogP contribution in [-0.4, -0.2) is 43.5 Å². The number of furan rings is 1. The summed E-state index contributed by atoms with van der Waals surface area (Å²) in [4.78, 5) is 22.9. The molecule has 0 spiro atoms. The van der Waals surface area contributed by atoms with E-state index >= 15 is 0 Å². The summed E-state index contributed by atoms with van der Waals surface area (Å²) in [5.41, 5.74) is 6.65. The fraction of sp³-hybridized carbons (Fsp3) is 0.333. The lowest BCUT2D eigenvalue weighted by Crippen LogP contribution is -2.36. The molecule has 23 heavy (non-hydrogen) atoms. The molecule has 0 saturated carbocycles. The molecule has 0 bridgehead atoms. The number of nitrogen functional groups attached to an aromatic ring is 1. The average Bonchev–Trinajstić information content (AvgIpc) is 3.24. The van der Waals surface area contributed by atoms with Crippen LogP contribution in [-0.2, 0) is 0 Å². The van der Waals surface area contributed by atoms with Crippen LogP contribution in [0.4, 0.5) is 5.82 Å². The molecule has 3 aromatic rings. The molecule has 1 fully saturated rings. The number of anilines is 1. The third-order valence-corrected chi connectivity index (χ3v) is 3.95. The van der Waals surface area contributed by atoms with Gasteiger partial charge >= 0.3 is 0 Å². The Kier molecular flexibility index (Phi) is 3.22. The number of rotatable bonds is 2. The van der Waals surface area contributed by atoms with Crippen molar-refractivity contribution >= 4 is 17.4 Å². The van der Waals surface area contributed by atoms with E-state index in [1.54, 1.807) is 24.6 Å². The van der Waals surface area contributed by atoms with Crippen molar-refractivity contribution in [1.82, 2.24) is 24.5 Å². The summed E-state index contributed by atoms with van der Waals surface area (Å²) in [7, 11) is 0. The van der Waals surface area contributed by atoms with Crippen LogP contribution in [0.15, 0.2) is 29.0 Å². The van der Waals surface area contributed by atoms with Crippen molar-refractivity contribution in [3.05, 3.63) is 30.3 Å². The molecule has 0 aromatic carbocycles. The lowest BCUT2D eigenvalue weighted by molar-refractivity contribution is 0.0718. The number of carbonyl (C=O) groups excluding carboxylic acids is 1. The first-order chi connectivity index (χ1) is 11.2. The highest BCUT2D eigenvalue weighted by atomic mass is 16.3. The maximum atomic E-state index is 12.6. The van der Waals surface area contributed by atoms with Crippen LogP contribution < -0.4 is 5.73 Å². The van der Waals surface area contributed by atoms with Crippen molar-refractivity contribution < 1.29 is 9.21 Å². The van der Waals surface area contributed by atoms with E-state index in [1.165, 1.54) is 4.52 Å². The Hall–Kier alpha value is -2.90. The predicted octanol–water partition coefficient (Wildman–Crippen LogP) is 1.59. The Morgan fingerprint density at radius 1 is 1.22 bits per heavy atom. The standard InChI is InChI=1S/C15H16N6O2/c16-12-14-18-13(11-5-4-8-23-11)19-21(14)9-10(17-12)15(22)20-6-2-1-3-7-20/h4-5,8-9H,1-3,6-7H2,(H2,16,17). The molecule has 0 atom stereocenters. The molecule has 1 aliphatic heterocycles. The topological polar surface area (TPSA) is 103 Å². The van der Waals surface area contributed by atoms with Crippen molar-refractivity contribution in [2.75, 3.05) is 18.8 Å². The van der Waals surface area contributed by atoms with Crippen LogP contribution in [0.3, 0.4) is 0 Å². The number of hydrogen-bond donors (Lipinski definition) is 1. The number of likely N-dealkylation sites (tertiary alicyclic amines) is 1. The second-order valence-electron chi connectivity index (χ2n) is 5.55. The third kappa shape index (κ3) is 2.41. The van der Waals surface area contributed by atoms with E-state index in [4.69, 9.17) is 10.2 Å². The van der Waals surface area contributed by atoms with E-state index in [2.05, 4.69) is 15.1 Å². The number of amides is 1. The summed E-state index contributed by atoms with van der Waals surface area (Å²) in [5.74, 6) is 1.01. The molecule has 1 amide bonds. The fourth-order valence-corrected chi connectivity index (χ4v) is 2.78. The van der Waals surface area contributed by atoms with Crippen molar-refractivity contribution in [2.45, 2.75) is 19.3 Å². The Bertz CT molecular complexity index is 848. The van der Waals surface area contributed by atoms with Crippen LogP contribution in [0.1, 0.15) is 29.8 Å². The van der Waals surface area contributed by atoms with Crippen molar-refractivity contribution in [1.29, 1.82) is 0 Å². The van der Waals surface area contributed by atoms with Gasteiger partial charge in [0.05, 0.1) is 12.5 Å². The van der Waals surface area contributed by atoms with E-state index in [1.807, 2.05) is 4.90 Å². The zero-order valence-electron chi connectivity index (χ0n) is 12.5. The maximum absolute atomic E-state index is 12.6. The molecule has 1 aliphatic rings. The zero-order chi connectivity index (χ0) is 15.8. The Morgan fingerprint density at radius 3 is 2.78 bits per heavy atom. The van der Waals surface area contributed by atoms with Crippen molar-refractivity contribution in [3.8, 4) is 11.6 Å². The van der Waals surface area contributed by atoms with Crippen LogP contribution in [0.25, 0.3) is 17.2 Å². The minimum Gasteiger partial charge on any atom is -0.461 e. The summed E-state index contributed by atoms with van der Waals surface area (Å²) in [6.45, 7) is 1.51.